The van der Waals surface area contributed by atoms with Crippen molar-refractivity contribution in [3.8, 4) is 5.75 Å². The van der Waals surface area contributed by atoms with Gasteiger partial charge in [0, 0.05) is 23.5 Å². The zero-order valence-corrected chi connectivity index (χ0v) is 15.7. The number of hydrogen-bond donors (Lipinski definition) is 2. The first-order valence-electron chi connectivity index (χ1n) is 7.36. The van der Waals surface area contributed by atoms with Crippen LogP contribution in [-0.4, -0.2) is 30.0 Å². The van der Waals surface area contributed by atoms with Crippen LogP contribution in [0.5, 0.6) is 5.75 Å². The Morgan fingerprint density at radius 1 is 1.46 bits per heavy atom. The van der Waals surface area contributed by atoms with Gasteiger partial charge in [-0.15, -0.1) is 36.2 Å². The summed E-state index contributed by atoms with van der Waals surface area (Å²) in [6.07, 6.45) is 0.977. The molecule has 5 nitrogen and oxygen atoms in total. The van der Waals surface area contributed by atoms with Crippen LogP contribution in [0.3, 0.4) is 0 Å². The highest BCUT2D eigenvalue weighted by molar-refractivity contribution is 7.09. The lowest BCUT2D eigenvalue weighted by Gasteiger charge is -2.12. The molecule has 1 aromatic carbocycles. The van der Waals surface area contributed by atoms with Gasteiger partial charge in [-0.25, -0.2) is 4.98 Å². The van der Waals surface area contributed by atoms with E-state index in [0.717, 1.165) is 30.2 Å². The molecule has 0 saturated carbocycles. The molecule has 0 radical (unpaired) electrons. The minimum atomic E-state index is -0.0522. The van der Waals surface area contributed by atoms with Crippen LogP contribution in [0.2, 0.25) is 0 Å². The SMILES string of the molecule is Cc1nc(COc2cccc(C(=O)NC3CCNC3)c2)cs1.Cl.Cl. The van der Waals surface area contributed by atoms with Gasteiger partial charge in [0.2, 0.25) is 0 Å². The van der Waals surface area contributed by atoms with E-state index in [9.17, 15) is 4.79 Å². The first kappa shape index (κ1) is 20.7. The van der Waals surface area contributed by atoms with E-state index in [-0.39, 0.29) is 36.8 Å². The smallest absolute Gasteiger partial charge is 0.251 e. The summed E-state index contributed by atoms with van der Waals surface area (Å²) in [4.78, 5) is 16.6. The molecule has 0 bridgehead atoms. The van der Waals surface area contributed by atoms with Gasteiger partial charge in [-0.2, -0.15) is 0 Å². The Labute approximate surface area is 158 Å². The van der Waals surface area contributed by atoms with Crippen molar-refractivity contribution in [3.05, 3.63) is 45.9 Å². The second kappa shape index (κ2) is 9.84. The van der Waals surface area contributed by atoms with Gasteiger partial charge in [-0.1, -0.05) is 6.07 Å². The van der Waals surface area contributed by atoms with Gasteiger partial charge >= 0.3 is 0 Å². The molecule has 1 amide bonds. The van der Waals surface area contributed by atoms with E-state index in [4.69, 9.17) is 4.74 Å². The van der Waals surface area contributed by atoms with Crippen LogP contribution in [0.15, 0.2) is 29.6 Å². The number of carbonyl (C=O) groups is 1. The molecule has 1 aliphatic rings. The van der Waals surface area contributed by atoms with Gasteiger partial charge < -0.3 is 15.4 Å². The first-order chi connectivity index (χ1) is 10.7. The molecule has 0 spiro atoms. The van der Waals surface area contributed by atoms with Gasteiger partial charge in [0.1, 0.15) is 12.4 Å². The Hall–Kier alpha value is -1.34. The molecule has 1 unspecified atom stereocenters. The molecule has 2 aromatic rings. The number of rotatable bonds is 5. The summed E-state index contributed by atoms with van der Waals surface area (Å²) in [5, 5.41) is 9.28. The third-order valence-corrected chi connectivity index (χ3v) is 4.37. The van der Waals surface area contributed by atoms with Gasteiger partial charge in [-0.3, -0.25) is 4.79 Å². The summed E-state index contributed by atoms with van der Waals surface area (Å²) in [6.45, 7) is 4.19. The average Bonchev–Trinajstić information content (AvgIpc) is 3.17. The Kier molecular flexibility index (Phi) is 8.48. The molecular formula is C16H21Cl2N3O2S. The molecule has 8 heteroatoms. The number of aromatic nitrogens is 1. The number of aryl methyl sites for hydroxylation is 1. The highest BCUT2D eigenvalue weighted by atomic mass is 35.5. The van der Waals surface area contributed by atoms with Crippen molar-refractivity contribution in [2.45, 2.75) is 26.0 Å². The maximum Gasteiger partial charge on any atom is 0.251 e. The van der Waals surface area contributed by atoms with Crippen LogP contribution < -0.4 is 15.4 Å². The van der Waals surface area contributed by atoms with Crippen molar-refractivity contribution in [2.75, 3.05) is 13.1 Å². The Morgan fingerprint density at radius 3 is 2.96 bits per heavy atom. The molecule has 24 heavy (non-hydrogen) atoms. The Morgan fingerprint density at radius 2 is 2.29 bits per heavy atom. The molecule has 1 saturated heterocycles. The third kappa shape index (κ3) is 5.63. The van der Waals surface area contributed by atoms with Gasteiger partial charge in [-0.05, 0) is 38.1 Å². The maximum atomic E-state index is 12.2. The quantitative estimate of drug-likeness (QED) is 0.824. The number of halogens is 2. The lowest BCUT2D eigenvalue weighted by molar-refractivity contribution is 0.0939. The van der Waals surface area contributed by atoms with Crippen LogP contribution in [0.4, 0.5) is 0 Å². The minimum Gasteiger partial charge on any atom is -0.487 e. The van der Waals surface area contributed by atoms with Crippen molar-refractivity contribution < 1.29 is 9.53 Å². The fourth-order valence-corrected chi connectivity index (χ4v) is 3.00. The van der Waals surface area contributed by atoms with E-state index in [1.54, 1.807) is 23.5 Å². The van der Waals surface area contributed by atoms with E-state index >= 15 is 0 Å². The molecule has 0 aliphatic carbocycles. The zero-order chi connectivity index (χ0) is 15.4. The summed E-state index contributed by atoms with van der Waals surface area (Å²) in [5.41, 5.74) is 1.54. The molecule has 2 heterocycles. The fourth-order valence-electron chi connectivity index (χ4n) is 2.41. The van der Waals surface area contributed by atoms with Gasteiger partial charge in [0.25, 0.3) is 5.91 Å². The van der Waals surface area contributed by atoms with Crippen LogP contribution in [-0.2, 0) is 6.61 Å². The maximum absolute atomic E-state index is 12.2. The zero-order valence-electron chi connectivity index (χ0n) is 13.3. The Balaban J connectivity index is 0.00000144. The largest absolute Gasteiger partial charge is 0.487 e. The lowest BCUT2D eigenvalue weighted by atomic mass is 10.1. The number of ether oxygens (including phenoxy) is 1. The number of amides is 1. The molecule has 1 fully saturated rings. The molecule has 1 aromatic heterocycles. The van der Waals surface area contributed by atoms with E-state index < -0.39 is 0 Å². The van der Waals surface area contributed by atoms with Gasteiger partial charge in [0.05, 0.1) is 10.7 Å². The summed E-state index contributed by atoms with van der Waals surface area (Å²) >= 11 is 1.60. The number of carbonyl (C=O) groups excluding carboxylic acids is 1. The highest BCUT2D eigenvalue weighted by Gasteiger charge is 2.17. The number of hydrogen-bond acceptors (Lipinski definition) is 5. The normalized spacial score (nSPS) is 16.0. The topological polar surface area (TPSA) is 63.2 Å². The molecule has 3 rings (SSSR count). The van der Waals surface area contributed by atoms with Gasteiger partial charge in [0.15, 0.2) is 0 Å². The molecule has 1 aliphatic heterocycles. The fraction of sp³-hybridized carbons (Fsp3) is 0.375. The molecular weight excluding hydrogens is 369 g/mol. The molecule has 2 N–H and O–H groups in total. The number of benzene rings is 1. The van der Waals surface area contributed by atoms with Crippen LogP contribution in [0.1, 0.15) is 27.5 Å². The second-order valence-electron chi connectivity index (χ2n) is 5.34. The monoisotopic (exact) mass is 389 g/mol. The lowest BCUT2D eigenvalue weighted by Crippen LogP contribution is -2.36. The molecule has 1 atom stereocenters. The van der Waals surface area contributed by atoms with E-state index in [0.29, 0.717) is 17.9 Å². The number of thiazole rings is 1. The Bertz CT molecular complexity index is 660. The van der Waals surface area contributed by atoms with Crippen molar-refractivity contribution >= 4 is 42.1 Å². The van der Waals surface area contributed by atoms with E-state index in [1.807, 2.05) is 24.4 Å². The van der Waals surface area contributed by atoms with Crippen molar-refractivity contribution in [3.63, 3.8) is 0 Å². The van der Waals surface area contributed by atoms with Crippen molar-refractivity contribution in [2.24, 2.45) is 0 Å². The predicted molar refractivity (Wildman–Crippen MR) is 101 cm³/mol. The standard InChI is InChI=1S/C16H19N3O2S.2ClH/c1-11-18-14(10-22-11)9-21-15-4-2-3-12(7-15)16(20)19-13-5-6-17-8-13;;/h2-4,7,10,13,17H,5-6,8-9H2,1H3,(H,19,20);2*1H. The minimum absolute atomic E-state index is 0. The summed E-state index contributed by atoms with van der Waals surface area (Å²) in [7, 11) is 0. The van der Waals surface area contributed by atoms with Crippen LogP contribution in [0.25, 0.3) is 0 Å². The molecule has 132 valence electrons. The second-order valence-corrected chi connectivity index (χ2v) is 6.40. The number of nitrogens with zero attached hydrogens (tertiary/aromatic N) is 1. The first-order valence-corrected chi connectivity index (χ1v) is 8.24. The van der Waals surface area contributed by atoms with Crippen molar-refractivity contribution in [1.29, 1.82) is 0 Å². The van der Waals surface area contributed by atoms with Crippen LogP contribution in [0, 0.1) is 6.92 Å². The summed E-state index contributed by atoms with van der Waals surface area (Å²) < 4.78 is 5.72. The van der Waals surface area contributed by atoms with Crippen molar-refractivity contribution in [1.82, 2.24) is 15.6 Å². The number of nitrogens with one attached hydrogen (secondary N) is 2. The summed E-state index contributed by atoms with van der Waals surface area (Å²) in [6, 6.07) is 7.49. The summed E-state index contributed by atoms with van der Waals surface area (Å²) in [5.74, 6) is 0.631. The van der Waals surface area contributed by atoms with E-state index in [2.05, 4.69) is 15.6 Å². The third-order valence-electron chi connectivity index (χ3n) is 3.55. The highest BCUT2D eigenvalue weighted by Crippen LogP contribution is 2.16. The predicted octanol–water partition coefficient (Wildman–Crippen LogP) is 2.97. The van der Waals surface area contributed by atoms with E-state index in [1.165, 1.54) is 0 Å². The van der Waals surface area contributed by atoms with Crippen LogP contribution >= 0.6 is 36.2 Å². The average molecular weight is 390 g/mol.